The number of carbonyl (C=O) groups is 1. The van der Waals surface area contributed by atoms with E-state index in [2.05, 4.69) is 50.8 Å². The number of halogens is 1. The number of rotatable bonds is 6. The molecule has 1 aliphatic rings. The number of amides is 1. The predicted octanol–water partition coefficient (Wildman–Crippen LogP) is 5.49. The van der Waals surface area contributed by atoms with Crippen LogP contribution in [0.2, 0.25) is 0 Å². The second kappa shape index (κ2) is 9.53. The van der Waals surface area contributed by atoms with E-state index < -0.39 is 0 Å². The molecule has 156 valence electrons. The van der Waals surface area contributed by atoms with Crippen molar-refractivity contribution >= 4 is 11.6 Å². The number of aryl methyl sites for hydroxylation is 2. The fourth-order valence-electron chi connectivity index (χ4n) is 4.10. The van der Waals surface area contributed by atoms with Crippen LogP contribution >= 0.6 is 0 Å². The van der Waals surface area contributed by atoms with Gasteiger partial charge in [0.1, 0.15) is 5.82 Å². The van der Waals surface area contributed by atoms with E-state index in [0.717, 1.165) is 38.2 Å². The lowest BCUT2D eigenvalue weighted by molar-refractivity contribution is -0.120. The van der Waals surface area contributed by atoms with Gasteiger partial charge in [-0.05, 0) is 73.6 Å². The standard InChI is InChI=1S/C25H33FN2O/c1-18(2)15-25(29)28(23-9-7-22(26)8-10-23)24-11-13-27(14-12-24)17-21-6-5-19(3)20(4)16-21/h5-10,16,18,24H,11-15,17H2,1-4H3. The van der Waals surface area contributed by atoms with Crippen LogP contribution in [-0.2, 0) is 11.3 Å². The van der Waals surface area contributed by atoms with Gasteiger partial charge in [-0.2, -0.15) is 0 Å². The average Bonchev–Trinajstić information content (AvgIpc) is 2.67. The molecule has 0 spiro atoms. The van der Waals surface area contributed by atoms with Crippen molar-refractivity contribution in [2.75, 3.05) is 18.0 Å². The van der Waals surface area contributed by atoms with Gasteiger partial charge >= 0.3 is 0 Å². The van der Waals surface area contributed by atoms with E-state index in [0.29, 0.717) is 12.3 Å². The Morgan fingerprint density at radius 2 is 1.72 bits per heavy atom. The van der Waals surface area contributed by atoms with Crippen LogP contribution in [0.25, 0.3) is 0 Å². The summed E-state index contributed by atoms with van der Waals surface area (Å²) in [5.74, 6) is 0.169. The lowest BCUT2D eigenvalue weighted by Gasteiger charge is -2.39. The molecule has 3 nitrogen and oxygen atoms in total. The zero-order valence-electron chi connectivity index (χ0n) is 18.1. The number of anilines is 1. The number of benzene rings is 2. The maximum Gasteiger partial charge on any atom is 0.227 e. The Balaban J connectivity index is 1.68. The molecule has 0 aliphatic carbocycles. The molecule has 0 radical (unpaired) electrons. The SMILES string of the molecule is Cc1ccc(CN2CCC(N(C(=O)CC(C)C)c3ccc(F)cc3)CC2)cc1C. The van der Waals surface area contributed by atoms with E-state index in [1.165, 1.54) is 28.8 Å². The predicted molar refractivity (Wildman–Crippen MR) is 118 cm³/mol. The highest BCUT2D eigenvalue weighted by atomic mass is 19.1. The first-order valence-corrected chi connectivity index (χ1v) is 10.7. The van der Waals surface area contributed by atoms with Crippen molar-refractivity contribution in [3.8, 4) is 0 Å². The van der Waals surface area contributed by atoms with E-state index in [1.54, 1.807) is 12.1 Å². The molecule has 1 aliphatic heterocycles. The van der Waals surface area contributed by atoms with Crippen LogP contribution in [0.4, 0.5) is 10.1 Å². The van der Waals surface area contributed by atoms with E-state index in [9.17, 15) is 9.18 Å². The molecule has 1 amide bonds. The lowest BCUT2D eigenvalue weighted by atomic mass is 9.99. The van der Waals surface area contributed by atoms with Gasteiger partial charge in [-0.25, -0.2) is 4.39 Å². The van der Waals surface area contributed by atoms with Crippen molar-refractivity contribution in [3.63, 3.8) is 0 Å². The number of hydrogen-bond acceptors (Lipinski definition) is 2. The summed E-state index contributed by atoms with van der Waals surface area (Å²) in [7, 11) is 0. The number of carbonyl (C=O) groups excluding carboxylic acids is 1. The zero-order valence-corrected chi connectivity index (χ0v) is 18.1. The van der Waals surface area contributed by atoms with Gasteiger partial charge in [0.25, 0.3) is 0 Å². The smallest absolute Gasteiger partial charge is 0.227 e. The topological polar surface area (TPSA) is 23.6 Å². The van der Waals surface area contributed by atoms with Crippen molar-refractivity contribution in [2.24, 2.45) is 5.92 Å². The summed E-state index contributed by atoms with van der Waals surface area (Å²) in [6.45, 7) is 11.3. The van der Waals surface area contributed by atoms with E-state index in [-0.39, 0.29) is 17.8 Å². The first kappa shape index (κ1) is 21.5. The van der Waals surface area contributed by atoms with Crippen molar-refractivity contribution < 1.29 is 9.18 Å². The molecule has 1 fully saturated rings. The highest BCUT2D eigenvalue weighted by molar-refractivity contribution is 5.94. The molecule has 29 heavy (non-hydrogen) atoms. The fourth-order valence-corrected chi connectivity index (χ4v) is 4.10. The Hall–Kier alpha value is -2.20. The molecule has 0 atom stereocenters. The largest absolute Gasteiger partial charge is 0.309 e. The maximum atomic E-state index is 13.4. The summed E-state index contributed by atoms with van der Waals surface area (Å²) < 4.78 is 13.4. The third-order valence-electron chi connectivity index (χ3n) is 5.86. The Labute approximate surface area is 174 Å². The first-order chi connectivity index (χ1) is 13.8. The third kappa shape index (κ3) is 5.66. The Morgan fingerprint density at radius 3 is 2.31 bits per heavy atom. The normalized spacial score (nSPS) is 15.7. The molecule has 2 aromatic rings. The van der Waals surface area contributed by atoms with Crippen LogP contribution in [0, 0.1) is 25.6 Å². The summed E-state index contributed by atoms with van der Waals surface area (Å²) >= 11 is 0. The van der Waals surface area contributed by atoms with Gasteiger partial charge in [-0.3, -0.25) is 9.69 Å². The molecular formula is C25H33FN2O. The van der Waals surface area contributed by atoms with Crippen LogP contribution in [0.1, 0.15) is 49.8 Å². The average molecular weight is 397 g/mol. The molecule has 1 heterocycles. The summed E-state index contributed by atoms with van der Waals surface area (Å²) in [4.78, 5) is 17.4. The van der Waals surface area contributed by atoms with Crippen LogP contribution in [0.3, 0.4) is 0 Å². The van der Waals surface area contributed by atoms with E-state index in [4.69, 9.17) is 0 Å². The number of hydrogen-bond donors (Lipinski definition) is 0. The minimum Gasteiger partial charge on any atom is -0.309 e. The van der Waals surface area contributed by atoms with Crippen LogP contribution < -0.4 is 4.90 Å². The van der Waals surface area contributed by atoms with Gasteiger partial charge in [0.2, 0.25) is 5.91 Å². The van der Waals surface area contributed by atoms with Crippen LogP contribution in [0.15, 0.2) is 42.5 Å². The number of nitrogens with zero attached hydrogens (tertiary/aromatic N) is 2. The van der Waals surface area contributed by atoms with E-state index >= 15 is 0 Å². The number of piperidine rings is 1. The molecule has 3 rings (SSSR count). The monoisotopic (exact) mass is 396 g/mol. The maximum absolute atomic E-state index is 13.4. The second-order valence-corrected chi connectivity index (χ2v) is 8.76. The summed E-state index contributed by atoms with van der Waals surface area (Å²) in [5.41, 5.74) is 4.81. The molecular weight excluding hydrogens is 363 g/mol. The summed E-state index contributed by atoms with van der Waals surface area (Å²) in [5, 5.41) is 0. The Morgan fingerprint density at radius 1 is 1.07 bits per heavy atom. The third-order valence-corrected chi connectivity index (χ3v) is 5.86. The van der Waals surface area contributed by atoms with Gasteiger partial charge < -0.3 is 4.90 Å². The van der Waals surface area contributed by atoms with Gasteiger partial charge in [0.05, 0.1) is 0 Å². The quantitative estimate of drug-likeness (QED) is 0.645. The minimum absolute atomic E-state index is 0.138. The fraction of sp³-hybridized carbons (Fsp3) is 0.480. The molecule has 4 heteroatoms. The van der Waals surface area contributed by atoms with Crippen molar-refractivity contribution in [1.29, 1.82) is 0 Å². The van der Waals surface area contributed by atoms with Crippen molar-refractivity contribution in [2.45, 2.75) is 59.5 Å². The van der Waals surface area contributed by atoms with Gasteiger partial charge in [-0.1, -0.05) is 32.0 Å². The molecule has 0 bridgehead atoms. The lowest BCUT2D eigenvalue weighted by Crippen LogP contribution is -2.47. The first-order valence-electron chi connectivity index (χ1n) is 10.7. The van der Waals surface area contributed by atoms with Crippen LogP contribution in [0.5, 0.6) is 0 Å². The Bertz CT molecular complexity index is 823. The summed E-state index contributed by atoms with van der Waals surface area (Å²) in [6.07, 6.45) is 2.39. The molecule has 2 aromatic carbocycles. The minimum atomic E-state index is -0.270. The van der Waals surface area contributed by atoms with Crippen molar-refractivity contribution in [3.05, 3.63) is 65.0 Å². The molecule has 0 saturated carbocycles. The molecule has 0 aromatic heterocycles. The van der Waals surface area contributed by atoms with Gasteiger partial charge in [0.15, 0.2) is 0 Å². The number of likely N-dealkylation sites (tertiary alicyclic amines) is 1. The molecule has 0 N–H and O–H groups in total. The van der Waals surface area contributed by atoms with Gasteiger partial charge in [-0.15, -0.1) is 0 Å². The highest BCUT2D eigenvalue weighted by Gasteiger charge is 2.29. The Kier molecular flexibility index (Phi) is 7.07. The zero-order chi connectivity index (χ0) is 21.0. The van der Waals surface area contributed by atoms with Crippen molar-refractivity contribution in [1.82, 2.24) is 4.90 Å². The molecule has 0 unspecified atom stereocenters. The summed E-state index contributed by atoms with van der Waals surface area (Å²) in [6, 6.07) is 13.2. The second-order valence-electron chi connectivity index (χ2n) is 8.76. The van der Waals surface area contributed by atoms with Crippen LogP contribution in [-0.4, -0.2) is 29.9 Å². The highest BCUT2D eigenvalue weighted by Crippen LogP contribution is 2.27. The molecule has 1 saturated heterocycles. The van der Waals surface area contributed by atoms with E-state index in [1.807, 2.05) is 4.90 Å². The van der Waals surface area contributed by atoms with Gasteiger partial charge in [0, 0.05) is 37.8 Å².